The molecule has 0 atom stereocenters. The topological polar surface area (TPSA) is 0 Å². The van der Waals surface area contributed by atoms with Crippen LogP contribution in [0.3, 0.4) is 0 Å². The van der Waals surface area contributed by atoms with Gasteiger partial charge in [-0.15, -0.1) is 35.4 Å². The Morgan fingerprint density at radius 3 is 1.23 bits per heavy atom. The fraction of sp³-hybridized carbons (Fsp3) is 0.200. The van der Waals surface area contributed by atoms with E-state index in [4.69, 9.17) is 12.8 Å². The Labute approximate surface area is 269 Å². The fourth-order valence-electron chi connectivity index (χ4n) is 5.11. The van der Waals surface area contributed by atoms with Crippen molar-refractivity contribution in [1.29, 1.82) is 0 Å². The first-order valence-corrected chi connectivity index (χ1v) is 18.2. The van der Waals surface area contributed by atoms with Crippen LogP contribution in [-0.4, -0.2) is 32.6 Å². The van der Waals surface area contributed by atoms with E-state index in [0.717, 1.165) is 24.0 Å². The molecule has 0 bridgehead atoms. The molecule has 0 radical (unpaired) electrons. The zero-order valence-corrected chi connectivity index (χ0v) is 29.1. The number of hydrogen-bond donors (Lipinski definition) is 0. The van der Waals surface area contributed by atoms with E-state index >= 15 is 0 Å². The molecule has 2 aliphatic rings. The maximum atomic E-state index is 7.14. The molecule has 0 spiro atoms. The summed E-state index contributed by atoms with van der Waals surface area (Å²) in [7, 11) is 0.222. The predicted octanol–water partition coefficient (Wildman–Crippen LogP) is 8.28. The van der Waals surface area contributed by atoms with Crippen LogP contribution in [0, 0.1) is 24.7 Å². The van der Waals surface area contributed by atoms with Gasteiger partial charge in [-0.2, -0.15) is 0 Å². The molecule has 0 nitrogen and oxygen atoms in total. The number of hydrogen-bond acceptors (Lipinski definition) is 0. The number of benzene rings is 4. The minimum atomic E-state index is 0. The van der Waals surface area contributed by atoms with Gasteiger partial charge in [0.05, 0.1) is 0 Å². The Bertz CT molecular complexity index is 1380. The summed E-state index contributed by atoms with van der Waals surface area (Å²) in [5.74, 6) is 6.44. The van der Waals surface area contributed by atoms with Gasteiger partial charge in [0.25, 0.3) is 0 Å². The molecule has 6 rings (SSSR count). The van der Waals surface area contributed by atoms with Gasteiger partial charge in [-0.3, -0.25) is 11.8 Å². The molecule has 4 aromatic rings. The van der Waals surface area contributed by atoms with E-state index in [-0.39, 0.29) is 60.6 Å². The van der Waals surface area contributed by atoms with Gasteiger partial charge in [0.15, 0.2) is 5.90 Å². The first-order chi connectivity index (χ1) is 17.9. The minimum absolute atomic E-state index is 0. The van der Waals surface area contributed by atoms with E-state index in [0.29, 0.717) is 0 Å². The molecule has 0 unspecified atom stereocenters. The largest absolute Gasteiger partial charge is 1.00 e. The zero-order valence-electron chi connectivity index (χ0n) is 22.8. The summed E-state index contributed by atoms with van der Waals surface area (Å²) in [6.45, 7) is 9.56. The van der Waals surface area contributed by atoms with Crippen LogP contribution in [0.25, 0.3) is 22.3 Å². The Hall–Kier alpha value is -1.66. The molecular formula is C35H34Au2P2+2. The maximum Gasteiger partial charge on any atom is 1.00 e. The predicted molar refractivity (Wildman–Crippen MR) is 167 cm³/mol. The smallest absolute Gasteiger partial charge is 0.366 e. The molecule has 4 aromatic carbocycles. The third kappa shape index (κ3) is 8.66. The zero-order chi connectivity index (χ0) is 26.4. The Kier molecular flexibility index (Phi) is 13.7. The SMILES string of the molecule is C[PH+](C)C[PH+](C)C.[Au+].[Au+].[C-]#Cc1ccc2c(c1)-c1ccccc1C2.[C-]#Cc1ccc2c(c1)-c1ccccc1C2. The molecule has 0 aromatic heterocycles. The average molecular weight is 911 g/mol. The van der Waals surface area contributed by atoms with Crippen molar-refractivity contribution in [2.75, 3.05) is 32.6 Å². The van der Waals surface area contributed by atoms with E-state index in [1.807, 2.05) is 24.3 Å². The van der Waals surface area contributed by atoms with Crippen LogP contribution in [0.5, 0.6) is 0 Å². The van der Waals surface area contributed by atoms with Gasteiger partial charge >= 0.3 is 44.8 Å². The van der Waals surface area contributed by atoms with Crippen LogP contribution >= 0.6 is 15.8 Å². The van der Waals surface area contributed by atoms with Crippen molar-refractivity contribution in [2.45, 2.75) is 12.8 Å². The molecule has 0 saturated heterocycles. The second kappa shape index (κ2) is 16.0. The van der Waals surface area contributed by atoms with Gasteiger partial charge in [0.2, 0.25) is 0 Å². The van der Waals surface area contributed by atoms with E-state index in [1.165, 1.54) is 44.5 Å². The van der Waals surface area contributed by atoms with E-state index < -0.39 is 0 Å². The Balaban J connectivity index is 0.000000214. The van der Waals surface area contributed by atoms with Crippen LogP contribution in [0.4, 0.5) is 0 Å². The van der Waals surface area contributed by atoms with Crippen molar-refractivity contribution >= 4 is 15.8 Å². The van der Waals surface area contributed by atoms with E-state index in [9.17, 15) is 0 Å². The summed E-state index contributed by atoms with van der Waals surface area (Å²) >= 11 is 0. The minimum Gasteiger partial charge on any atom is -0.366 e. The van der Waals surface area contributed by atoms with E-state index in [2.05, 4.69) is 99.2 Å². The number of rotatable bonds is 2. The molecule has 2 aliphatic carbocycles. The molecule has 0 aliphatic heterocycles. The second-order valence-corrected chi connectivity index (χ2v) is 16.5. The van der Waals surface area contributed by atoms with Gasteiger partial charge in [0, 0.05) is 42.5 Å². The summed E-state index contributed by atoms with van der Waals surface area (Å²) < 4.78 is 0. The van der Waals surface area contributed by atoms with Crippen LogP contribution in [0.15, 0.2) is 84.9 Å². The van der Waals surface area contributed by atoms with Crippen molar-refractivity contribution < 1.29 is 44.8 Å². The van der Waals surface area contributed by atoms with Crippen molar-refractivity contribution in [3.05, 3.63) is 131 Å². The molecule has 204 valence electrons. The first-order valence-electron chi connectivity index (χ1n) is 12.8. The summed E-state index contributed by atoms with van der Waals surface area (Å²) in [5.41, 5.74) is 12.3. The molecule has 0 heterocycles. The molecule has 0 amide bonds. The maximum absolute atomic E-state index is 7.14. The standard InChI is InChI=1S/2C15H9.C5H14P2.2Au/c2*1-2-11-7-8-13-10-12-5-3-4-6-14(12)15(13)9-11;1-6(2)5-7(3)4;;/h2*3-9H,10H2;5H2,1-4H3;;/q2*-1;;2*+1/p+2. The first kappa shape index (κ1) is 33.5. The molecule has 0 saturated carbocycles. The van der Waals surface area contributed by atoms with Gasteiger partial charge < -0.3 is 12.8 Å². The quantitative estimate of drug-likeness (QED) is 0.0711. The van der Waals surface area contributed by atoms with Gasteiger partial charge in [-0.1, -0.05) is 60.7 Å². The fourth-order valence-corrected chi connectivity index (χ4v) is 10.8. The van der Waals surface area contributed by atoms with Crippen molar-refractivity contribution in [1.82, 2.24) is 0 Å². The number of fused-ring (bicyclic) bond motifs is 6. The van der Waals surface area contributed by atoms with Crippen LogP contribution in [0.2, 0.25) is 0 Å². The van der Waals surface area contributed by atoms with Crippen LogP contribution in [-0.2, 0) is 57.6 Å². The Morgan fingerprint density at radius 2 is 0.897 bits per heavy atom. The molecule has 0 N–H and O–H groups in total. The monoisotopic (exact) mass is 910 g/mol. The average Bonchev–Trinajstić information content (AvgIpc) is 3.46. The van der Waals surface area contributed by atoms with Gasteiger partial charge in [0.1, 0.15) is 0 Å². The second-order valence-electron chi connectivity index (χ2n) is 10.3. The summed E-state index contributed by atoms with van der Waals surface area (Å²) in [6, 6.07) is 29.1. The van der Waals surface area contributed by atoms with Crippen LogP contribution in [0.1, 0.15) is 33.4 Å². The molecule has 39 heavy (non-hydrogen) atoms. The molecule has 4 heteroatoms. The van der Waals surface area contributed by atoms with Crippen molar-refractivity contribution in [3.63, 3.8) is 0 Å². The van der Waals surface area contributed by atoms with Crippen molar-refractivity contribution in [2.24, 2.45) is 0 Å². The van der Waals surface area contributed by atoms with E-state index in [1.54, 1.807) is 5.90 Å². The third-order valence-electron chi connectivity index (χ3n) is 6.59. The van der Waals surface area contributed by atoms with Gasteiger partial charge in [-0.25, -0.2) is 0 Å². The summed E-state index contributed by atoms with van der Waals surface area (Å²) in [4.78, 5) is 0. The third-order valence-corrected chi connectivity index (χ3v) is 12.2. The van der Waals surface area contributed by atoms with Gasteiger partial charge in [-0.05, 0) is 57.3 Å². The molecular weight excluding hydrogens is 876 g/mol. The normalized spacial score (nSPS) is 11.0. The summed E-state index contributed by atoms with van der Waals surface area (Å²) in [5, 5.41) is 0. The Morgan fingerprint density at radius 1 is 0.538 bits per heavy atom. The summed E-state index contributed by atoms with van der Waals surface area (Å²) in [6.07, 6.45) is 16.3. The molecule has 0 fully saturated rings. The van der Waals surface area contributed by atoms with Crippen LogP contribution < -0.4 is 0 Å². The van der Waals surface area contributed by atoms with Crippen molar-refractivity contribution in [3.8, 4) is 34.1 Å².